The molecule has 122 valence electrons. The number of amides is 2. The van der Waals surface area contributed by atoms with Gasteiger partial charge in [0.25, 0.3) is 0 Å². The number of ether oxygens (including phenoxy) is 2. The van der Waals surface area contributed by atoms with Crippen LogP contribution >= 0.6 is 0 Å². The zero-order valence-corrected chi connectivity index (χ0v) is 12.0. The summed E-state index contributed by atoms with van der Waals surface area (Å²) in [5.41, 5.74) is 3.06. The Hall–Kier alpha value is -3.04. The molecule has 0 aromatic heterocycles. The molecule has 0 atom stereocenters. The van der Waals surface area contributed by atoms with Crippen molar-refractivity contribution in [2.75, 3.05) is 13.2 Å². The van der Waals surface area contributed by atoms with E-state index in [2.05, 4.69) is 25.7 Å². The maximum Gasteiger partial charge on any atom is 0.440 e. The van der Waals surface area contributed by atoms with Gasteiger partial charge in [-0.25, -0.2) is 19.2 Å². The predicted octanol–water partition coefficient (Wildman–Crippen LogP) is 0.507. The number of carbonyl (C=O) groups is 4. The lowest BCUT2D eigenvalue weighted by Gasteiger charge is -2.06. The Morgan fingerprint density at radius 1 is 0.955 bits per heavy atom. The molecule has 0 rings (SSSR count). The Balaban J connectivity index is 4.44. The maximum absolute atomic E-state index is 11.5. The highest BCUT2D eigenvalue weighted by molar-refractivity contribution is 5.98. The van der Waals surface area contributed by atoms with Gasteiger partial charge in [0.05, 0.1) is 18.8 Å². The quantitative estimate of drug-likeness (QED) is 0.325. The summed E-state index contributed by atoms with van der Waals surface area (Å²) in [5, 5.41) is 0. The van der Waals surface area contributed by atoms with Gasteiger partial charge in [-0.05, 0) is 13.8 Å². The molecule has 0 heterocycles. The zero-order chi connectivity index (χ0) is 17.0. The summed E-state index contributed by atoms with van der Waals surface area (Å²) in [4.78, 5) is 53.3. The predicted molar refractivity (Wildman–Crippen MR) is 70.8 cm³/mol. The third kappa shape index (κ3) is 8.19. The molecule has 2 N–H and O–H groups in total. The molecule has 0 radical (unpaired) electrons. The summed E-state index contributed by atoms with van der Waals surface area (Å²) in [6.07, 6.45) is -0.281. The molecule has 0 unspecified atom stereocenters. The SMILES string of the molecule is C=C/C(=C/C(=O)ONC(=O)OCC)C(=O)ONC(=O)OCC. The van der Waals surface area contributed by atoms with Crippen LogP contribution in [0.4, 0.5) is 9.59 Å². The van der Waals surface area contributed by atoms with Crippen molar-refractivity contribution in [3.05, 3.63) is 24.3 Å². The highest BCUT2D eigenvalue weighted by Crippen LogP contribution is 1.99. The summed E-state index contributed by atoms with van der Waals surface area (Å²) in [6.45, 7) is 6.58. The van der Waals surface area contributed by atoms with Crippen LogP contribution in [0.1, 0.15) is 13.8 Å². The fourth-order valence-electron chi connectivity index (χ4n) is 0.918. The van der Waals surface area contributed by atoms with E-state index in [0.29, 0.717) is 6.08 Å². The van der Waals surface area contributed by atoms with Gasteiger partial charge in [0, 0.05) is 6.08 Å². The van der Waals surface area contributed by atoms with Gasteiger partial charge in [0.15, 0.2) is 0 Å². The van der Waals surface area contributed by atoms with E-state index in [4.69, 9.17) is 0 Å². The molecule has 0 aliphatic rings. The minimum absolute atomic E-state index is 0.0827. The van der Waals surface area contributed by atoms with E-state index in [-0.39, 0.29) is 18.8 Å². The molecule has 0 aromatic rings. The number of hydrogen-bond donors (Lipinski definition) is 2. The maximum atomic E-state index is 11.5. The highest BCUT2D eigenvalue weighted by Gasteiger charge is 2.14. The lowest BCUT2D eigenvalue weighted by atomic mass is 10.2. The molecule has 0 saturated carbocycles. The molecular weight excluding hydrogens is 300 g/mol. The molecule has 0 spiro atoms. The molecule has 0 aromatic carbocycles. The van der Waals surface area contributed by atoms with E-state index < -0.39 is 24.1 Å². The van der Waals surface area contributed by atoms with E-state index in [1.807, 2.05) is 0 Å². The minimum Gasteiger partial charge on any atom is -0.448 e. The van der Waals surface area contributed by atoms with Crippen LogP contribution in [-0.2, 0) is 28.7 Å². The van der Waals surface area contributed by atoms with Crippen LogP contribution in [0.25, 0.3) is 0 Å². The van der Waals surface area contributed by atoms with Crippen molar-refractivity contribution in [1.82, 2.24) is 11.0 Å². The van der Waals surface area contributed by atoms with Crippen LogP contribution in [0.3, 0.4) is 0 Å². The van der Waals surface area contributed by atoms with E-state index in [9.17, 15) is 19.2 Å². The first-order chi connectivity index (χ1) is 10.4. The van der Waals surface area contributed by atoms with Gasteiger partial charge in [0.2, 0.25) is 0 Å². The second kappa shape index (κ2) is 10.7. The van der Waals surface area contributed by atoms with E-state index in [0.717, 1.165) is 6.08 Å². The minimum atomic E-state index is -1.09. The van der Waals surface area contributed by atoms with Crippen molar-refractivity contribution in [2.45, 2.75) is 13.8 Å². The standard InChI is InChI=1S/C12H16N2O8/c1-4-8(10(16)22-14-12(18)20-6-3)7-9(15)21-13-11(17)19-5-2/h4,7H,1,5-6H2,2-3H3,(H,13,17)(H,14,18)/b8-7-. The molecule has 0 saturated heterocycles. The second-order valence-corrected chi connectivity index (χ2v) is 3.26. The van der Waals surface area contributed by atoms with Crippen molar-refractivity contribution < 1.29 is 38.3 Å². The topological polar surface area (TPSA) is 129 Å². The summed E-state index contributed by atoms with van der Waals surface area (Å²) >= 11 is 0. The van der Waals surface area contributed by atoms with Gasteiger partial charge < -0.3 is 19.1 Å². The van der Waals surface area contributed by atoms with Crippen LogP contribution in [0.15, 0.2) is 24.3 Å². The Morgan fingerprint density at radius 3 is 1.91 bits per heavy atom. The lowest BCUT2D eigenvalue weighted by molar-refractivity contribution is -0.147. The highest BCUT2D eigenvalue weighted by atomic mass is 16.7. The molecule has 2 amide bonds. The van der Waals surface area contributed by atoms with Crippen molar-refractivity contribution in [2.24, 2.45) is 0 Å². The van der Waals surface area contributed by atoms with Gasteiger partial charge in [-0.2, -0.15) is 0 Å². The molecule has 10 heteroatoms. The van der Waals surface area contributed by atoms with Gasteiger partial charge in [-0.15, -0.1) is 11.0 Å². The first-order valence-electron chi connectivity index (χ1n) is 6.06. The molecule has 0 fully saturated rings. The van der Waals surface area contributed by atoms with Gasteiger partial charge in [-0.3, -0.25) is 0 Å². The fraction of sp³-hybridized carbons (Fsp3) is 0.333. The summed E-state index contributed by atoms with van der Waals surface area (Å²) in [6, 6.07) is 0. The Kier molecular flexibility index (Phi) is 9.23. The van der Waals surface area contributed by atoms with Crippen LogP contribution in [0.5, 0.6) is 0 Å². The van der Waals surface area contributed by atoms with Gasteiger partial charge >= 0.3 is 24.1 Å². The van der Waals surface area contributed by atoms with Crippen LogP contribution in [0.2, 0.25) is 0 Å². The van der Waals surface area contributed by atoms with Crippen molar-refractivity contribution in [1.29, 1.82) is 0 Å². The second-order valence-electron chi connectivity index (χ2n) is 3.26. The third-order valence-corrected chi connectivity index (χ3v) is 1.74. The first kappa shape index (κ1) is 19.0. The number of hydroxylamine groups is 2. The molecule has 0 aliphatic carbocycles. The number of hydrogen-bond acceptors (Lipinski definition) is 8. The molecule has 22 heavy (non-hydrogen) atoms. The van der Waals surface area contributed by atoms with Gasteiger partial charge in [0.1, 0.15) is 0 Å². The molecule has 0 aliphatic heterocycles. The largest absolute Gasteiger partial charge is 0.448 e. The van der Waals surface area contributed by atoms with Crippen molar-refractivity contribution in [3.8, 4) is 0 Å². The summed E-state index contributed by atoms with van der Waals surface area (Å²) in [7, 11) is 0. The smallest absolute Gasteiger partial charge is 0.440 e. The van der Waals surface area contributed by atoms with E-state index in [1.54, 1.807) is 24.8 Å². The van der Waals surface area contributed by atoms with Gasteiger partial charge in [-0.1, -0.05) is 12.7 Å². The van der Waals surface area contributed by atoms with Crippen molar-refractivity contribution in [3.63, 3.8) is 0 Å². The monoisotopic (exact) mass is 316 g/mol. The average molecular weight is 316 g/mol. The zero-order valence-electron chi connectivity index (χ0n) is 12.0. The van der Waals surface area contributed by atoms with Crippen molar-refractivity contribution >= 4 is 24.1 Å². The normalized spacial score (nSPS) is 10.0. The number of rotatable bonds is 5. The average Bonchev–Trinajstić information content (AvgIpc) is 2.48. The number of nitrogens with one attached hydrogen (secondary N) is 2. The van der Waals surface area contributed by atoms with E-state index in [1.165, 1.54) is 0 Å². The van der Waals surface area contributed by atoms with Crippen LogP contribution < -0.4 is 11.0 Å². The molecular formula is C12H16N2O8. The lowest BCUT2D eigenvalue weighted by Crippen LogP contribution is -2.29. The Bertz CT molecular complexity index is 472. The van der Waals surface area contributed by atoms with Crippen LogP contribution in [0, 0.1) is 0 Å². The summed E-state index contributed by atoms with van der Waals surface area (Å²) in [5.74, 6) is -2.17. The molecule has 0 bridgehead atoms. The Labute approximate surface area is 125 Å². The third-order valence-electron chi connectivity index (χ3n) is 1.74. The van der Waals surface area contributed by atoms with E-state index >= 15 is 0 Å². The summed E-state index contributed by atoms with van der Waals surface area (Å²) < 4.78 is 8.89. The van der Waals surface area contributed by atoms with Crippen LogP contribution in [-0.4, -0.2) is 37.3 Å². The fourth-order valence-corrected chi connectivity index (χ4v) is 0.918. The molecule has 10 nitrogen and oxygen atoms in total. The first-order valence-corrected chi connectivity index (χ1v) is 6.06. The number of carbonyl (C=O) groups excluding carboxylic acids is 4. The Morgan fingerprint density at radius 2 is 1.45 bits per heavy atom.